The van der Waals surface area contributed by atoms with Crippen LogP contribution in [0.15, 0.2) is 30.3 Å². The molecule has 2 aliphatic rings. The molecule has 4 atom stereocenters. The number of carbonyl (C=O) groups excluding carboxylic acids is 4. The second kappa shape index (κ2) is 10.0. The van der Waals surface area contributed by atoms with Crippen molar-refractivity contribution in [2.45, 2.75) is 70.0 Å². The van der Waals surface area contributed by atoms with Crippen LogP contribution in [0.3, 0.4) is 0 Å². The number of benzene rings is 1. The molecule has 2 aliphatic heterocycles. The van der Waals surface area contributed by atoms with Crippen molar-refractivity contribution < 1.29 is 19.2 Å². The molecule has 0 spiro atoms. The van der Waals surface area contributed by atoms with Gasteiger partial charge in [0.05, 0.1) is 6.04 Å². The number of carbonyl (C=O) groups is 4. The molecule has 2 heterocycles. The van der Waals surface area contributed by atoms with E-state index in [4.69, 9.17) is 5.73 Å². The highest BCUT2D eigenvalue weighted by atomic mass is 16.2. The summed E-state index contributed by atoms with van der Waals surface area (Å²) in [7, 11) is 0. The smallest absolute Gasteiger partial charge is 0.249 e. The molecule has 1 aromatic carbocycles. The van der Waals surface area contributed by atoms with E-state index in [0.717, 1.165) is 5.56 Å². The van der Waals surface area contributed by atoms with Gasteiger partial charge < -0.3 is 16.0 Å². The first-order chi connectivity index (χ1) is 14.8. The molecule has 3 rings (SSSR count). The lowest BCUT2D eigenvalue weighted by atomic mass is 9.84. The monoisotopic (exact) mass is 428 g/mol. The molecule has 0 radical (unpaired) electrons. The lowest BCUT2D eigenvalue weighted by molar-refractivity contribution is -0.143. The molecule has 4 amide bonds. The first-order valence-electron chi connectivity index (χ1n) is 11.0. The van der Waals surface area contributed by atoms with E-state index in [2.05, 4.69) is 10.6 Å². The van der Waals surface area contributed by atoms with Crippen molar-refractivity contribution in [1.82, 2.24) is 15.5 Å². The number of likely N-dealkylation sites (tertiary alicyclic amines) is 1. The summed E-state index contributed by atoms with van der Waals surface area (Å²) in [5.74, 6) is -1.48. The van der Waals surface area contributed by atoms with E-state index in [9.17, 15) is 19.2 Å². The zero-order valence-electron chi connectivity index (χ0n) is 18.2. The Morgan fingerprint density at radius 2 is 1.87 bits per heavy atom. The van der Waals surface area contributed by atoms with Crippen LogP contribution in [0.2, 0.25) is 0 Å². The van der Waals surface area contributed by atoms with Crippen LogP contribution in [-0.4, -0.2) is 53.2 Å². The third-order valence-corrected chi connectivity index (χ3v) is 6.04. The molecule has 4 N–H and O–H groups in total. The predicted octanol–water partition coefficient (Wildman–Crippen LogP) is 1.06. The van der Waals surface area contributed by atoms with Gasteiger partial charge in [-0.3, -0.25) is 24.5 Å². The molecule has 8 nitrogen and oxygen atoms in total. The molecule has 2 fully saturated rings. The normalized spacial score (nSPS) is 24.6. The summed E-state index contributed by atoms with van der Waals surface area (Å²) in [6.07, 6.45) is 2.56. The van der Waals surface area contributed by atoms with Gasteiger partial charge in [-0.25, -0.2) is 0 Å². The van der Waals surface area contributed by atoms with Crippen molar-refractivity contribution in [2.75, 3.05) is 6.54 Å². The van der Waals surface area contributed by atoms with E-state index in [1.54, 1.807) is 0 Å². The minimum Gasteiger partial charge on any atom is -0.344 e. The molecule has 8 heteroatoms. The van der Waals surface area contributed by atoms with Crippen LogP contribution in [0, 0.1) is 5.92 Å². The summed E-state index contributed by atoms with van der Waals surface area (Å²) in [4.78, 5) is 52.1. The average Bonchev–Trinajstić information content (AvgIpc) is 3.23. The van der Waals surface area contributed by atoms with Gasteiger partial charge in [0.15, 0.2) is 0 Å². The number of piperidine rings is 1. The van der Waals surface area contributed by atoms with Gasteiger partial charge in [0.1, 0.15) is 12.1 Å². The Hall–Kier alpha value is -2.74. The van der Waals surface area contributed by atoms with Gasteiger partial charge in [0.25, 0.3) is 0 Å². The highest BCUT2D eigenvalue weighted by Crippen LogP contribution is 2.29. The van der Waals surface area contributed by atoms with Crippen molar-refractivity contribution in [3.05, 3.63) is 35.9 Å². The van der Waals surface area contributed by atoms with Crippen molar-refractivity contribution in [2.24, 2.45) is 11.7 Å². The number of imide groups is 1. The van der Waals surface area contributed by atoms with Crippen molar-refractivity contribution in [3.63, 3.8) is 0 Å². The average molecular weight is 429 g/mol. The lowest BCUT2D eigenvalue weighted by Crippen LogP contribution is -2.57. The summed E-state index contributed by atoms with van der Waals surface area (Å²) in [5, 5.41) is 5.18. The molecular formula is C23H32N4O4. The third-order valence-electron chi connectivity index (χ3n) is 6.04. The number of nitrogens with two attached hydrogens (primary N) is 1. The maximum Gasteiger partial charge on any atom is 0.249 e. The van der Waals surface area contributed by atoms with Crippen molar-refractivity contribution >= 4 is 23.6 Å². The molecule has 2 unspecified atom stereocenters. The van der Waals surface area contributed by atoms with E-state index in [1.165, 1.54) is 4.90 Å². The van der Waals surface area contributed by atoms with E-state index in [-0.39, 0.29) is 23.7 Å². The summed E-state index contributed by atoms with van der Waals surface area (Å²) in [6.45, 7) is 4.42. The van der Waals surface area contributed by atoms with Crippen LogP contribution >= 0.6 is 0 Å². The van der Waals surface area contributed by atoms with Gasteiger partial charge in [-0.1, -0.05) is 44.2 Å². The number of nitrogens with zero attached hydrogens (tertiary/aromatic N) is 1. The predicted molar refractivity (Wildman–Crippen MR) is 116 cm³/mol. The number of nitrogens with one attached hydrogen (secondary N) is 2. The maximum absolute atomic E-state index is 13.0. The van der Waals surface area contributed by atoms with Crippen LogP contribution < -0.4 is 16.4 Å². The Labute approximate surface area is 182 Å². The fourth-order valence-electron chi connectivity index (χ4n) is 4.51. The number of hydrogen-bond acceptors (Lipinski definition) is 5. The topological polar surface area (TPSA) is 122 Å². The zero-order valence-corrected chi connectivity index (χ0v) is 18.2. The van der Waals surface area contributed by atoms with E-state index >= 15 is 0 Å². The maximum atomic E-state index is 13.0. The summed E-state index contributed by atoms with van der Waals surface area (Å²) in [6, 6.07) is 7.27. The van der Waals surface area contributed by atoms with Crippen LogP contribution in [0.4, 0.5) is 0 Å². The number of amides is 4. The molecule has 0 aliphatic carbocycles. The second-order valence-corrected chi connectivity index (χ2v) is 8.88. The third kappa shape index (κ3) is 5.50. The quantitative estimate of drug-likeness (QED) is 0.585. The first-order valence-corrected chi connectivity index (χ1v) is 11.0. The highest BCUT2D eigenvalue weighted by molar-refractivity contribution is 6.03. The molecule has 168 valence electrons. The Kier molecular flexibility index (Phi) is 7.43. The van der Waals surface area contributed by atoms with Gasteiger partial charge in [0.2, 0.25) is 23.6 Å². The van der Waals surface area contributed by atoms with E-state index < -0.39 is 29.9 Å². The largest absolute Gasteiger partial charge is 0.344 e. The SMILES string of the molecule is CC(C)C[C@H](N)C(=O)N1CCC[C@H]1C(=O)NC(=O)C1NC(=O)CCC1c1ccccc1. The Bertz CT molecular complexity index is 826. The second-order valence-electron chi connectivity index (χ2n) is 8.88. The standard InChI is InChI=1S/C23H32N4O4/c1-14(2)13-17(24)23(31)27-12-6-9-18(27)21(29)26-22(30)20-16(10-11-19(28)25-20)15-7-4-3-5-8-15/h3-5,7-8,14,16-18,20H,6,9-13,24H2,1-2H3,(H,25,28)(H,26,29,30)/t16?,17-,18-,20?/m0/s1. The van der Waals surface area contributed by atoms with Gasteiger partial charge in [-0.15, -0.1) is 0 Å². The van der Waals surface area contributed by atoms with Gasteiger partial charge in [-0.2, -0.15) is 0 Å². The summed E-state index contributed by atoms with van der Waals surface area (Å²) in [5.41, 5.74) is 6.98. The number of hydrogen-bond donors (Lipinski definition) is 3. The zero-order chi connectivity index (χ0) is 22.5. The molecule has 0 bridgehead atoms. The Morgan fingerprint density at radius 1 is 1.16 bits per heavy atom. The van der Waals surface area contributed by atoms with Crippen LogP contribution in [0.5, 0.6) is 0 Å². The fourth-order valence-corrected chi connectivity index (χ4v) is 4.51. The fraction of sp³-hybridized carbons (Fsp3) is 0.565. The molecule has 31 heavy (non-hydrogen) atoms. The van der Waals surface area contributed by atoms with Gasteiger partial charge in [0, 0.05) is 18.9 Å². The lowest BCUT2D eigenvalue weighted by Gasteiger charge is -2.32. The van der Waals surface area contributed by atoms with E-state index in [0.29, 0.717) is 38.6 Å². The summed E-state index contributed by atoms with van der Waals surface area (Å²) >= 11 is 0. The Balaban J connectivity index is 1.68. The van der Waals surface area contributed by atoms with Crippen LogP contribution in [-0.2, 0) is 19.2 Å². The minimum atomic E-state index is -0.832. The van der Waals surface area contributed by atoms with Crippen molar-refractivity contribution in [1.29, 1.82) is 0 Å². The molecule has 2 saturated heterocycles. The van der Waals surface area contributed by atoms with Crippen molar-refractivity contribution in [3.8, 4) is 0 Å². The van der Waals surface area contributed by atoms with E-state index in [1.807, 2.05) is 44.2 Å². The van der Waals surface area contributed by atoms with Crippen LogP contribution in [0.25, 0.3) is 0 Å². The van der Waals surface area contributed by atoms with Gasteiger partial charge in [-0.05, 0) is 37.2 Å². The molecule has 0 saturated carbocycles. The molecular weight excluding hydrogens is 396 g/mol. The van der Waals surface area contributed by atoms with Crippen LogP contribution in [0.1, 0.15) is 57.4 Å². The molecule has 0 aromatic heterocycles. The minimum absolute atomic E-state index is 0.211. The first kappa shape index (κ1) is 22.9. The molecule has 1 aromatic rings. The van der Waals surface area contributed by atoms with Gasteiger partial charge >= 0.3 is 0 Å². The summed E-state index contributed by atoms with van der Waals surface area (Å²) < 4.78 is 0. The highest BCUT2D eigenvalue weighted by Gasteiger charge is 2.40. The Morgan fingerprint density at radius 3 is 2.55 bits per heavy atom. The number of rotatable bonds is 6.